The highest BCUT2D eigenvalue weighted by atomic mass is 16.3. The molecule has 7 rings (SSSR count). The summed E-state index contributed by atoms with van der Waals surface area (Å²) >= 11 is 0. The number of furan rings is 1. The fourth-order valence-corrected chi connectivity index (χ4v) is 7.70. The van der Waals surface area contributed by atoms with E-state index in [0.29, 0.717) is 5.56 Å². The Morgan fingerprint density at radius 3 is 2.74 bits per heavy atom. The topological polar surface area (TPSA) is 45.5 Å². The molecule has 1 aliphatic heterocycles. The van der Waals surface area contributed by atoms with E-state index in [1.54, 1.807) is 12.3 Å². The summed E-state index contributed by atoms with van der Waals surface area (Å²) in [5.74, 6) is 2.66. The van der Waals surface area contributed by atoms with E-state index in [1.165, 1.54) is 62.7 Å². The first kappa shape index (κ1) is 18.3. The highest BCUT2D eigenvalue weighted by Gasteiger charge is 2.68. The number of carbonyl (C=O) groups is 1. The molecule has 1 N–H and O–H groups in total. The highest BCUT2D eigenvalue weighted by molar-refractivity contribution is 5.94. The molecule has 5 aliphatic rings. The summed E-state index contributed by atoms with van der Waals surface area (Å²) in [6, 6.07) is 10.6. The zero-order valence-electron chi connectivity index (χ0n) is 17.9. The van der Waals surface area contributed by atoms with E-state index >= 15 is 0 Å². The molecule has 1 saturated heterocycles. The van der Waals surface area contributed by atoms with Crippen LogP contribution >= 0.6 is 0 Å². The van der Waals surface area contributed by atoms with Crippen LogP contribution in [0.3, 0.4) is 0 Å². The zero-order chi connectivity index (χ0) is 20.6. The van der Waals surface area contributed by atoms with E-state index in [9.17, 15) is 4.79 Å². The van der Waals surface area contributed by atoms with Gasteiger partial charge in [0.2, 0.25) is 0 Å². The molecule has 2 aromatic rings. The number of nitrogens with zero attached hydrogens (tertiary/aromatic N) is 1. The molecular formula is C27H30N2O2. The van der Waals surface area contributed by atoms with E-state index < -0.39 is 0 Å². The second-order valence-corrected chi connectivity index (χ2v) is 10.8. The van der Waals surface area contributed by atoms with Crippen molar-refractivity contribution in [1.29, 1.82) is 0 Å². The molecule has 1 aromatic heterocycles. The van der Waals surface area contributed by atoms with E-state index in [2.05, 4.69) is 46.6 Å². The number of allylic oxidation sites excluding steroid dienone is 2. The molecule has 5 atom stereocenters. The molecule has 0 radical (unpaired) electrons. The molecule has 4 aliphatic carbocycles. The Morgan fingerprint density at radius 2 is 1.97 bits per heavy atom. The third kappa shape index (κ3) is 2.60. The number of piperidine rings is 1. The van der Waals surface area contributed by atoms with Gasteiger partial charge in [0.05, 0.1) is 17.9 Å². The number of fused-ring (bicyclic) bond motifs is 2. The van der Waals surface area contributed by atoms with Gasteiger partial charge in [-0.05, 0) is 85.6 Å². The molecule has 2 heterocycles. The number of rotatable bonds is 4. The van der Waals surface area contributed by atoms with Gasteiger partial charge in [-0.25, -0.2) is 0 Å². The Kier molecular flexibility index (Phi) is 3.74. The van der Waals surface area contributed by atoms with Gasteiger partial charge in [-0.2, -0.15) is 0 Å². The average molecular weight is 415 g/mol. The second-order valence-electron chi connectivity index (χ2n) is 10.8. The Hall–Kier alpha value is -2.33. The number of hydrogen-bond acceptors (Lipinski definition) is 3. The van der Waals surface area contributed by atoms with Gasteiger partial charge < -0.3 is 14.6 Å². The molecule has 4 heteroatoms. The Morgan fingerprint density at radius 1 is 1.10 bits per heavy atom. The summed E-state index contributed by atoms with van der Waals surface area (Å²) in [6.07, 6.45) is 14.5. The Balaban J connectivity index is 1.04. The summed E-state index contributed by atoms with van der Waals surface area (Å²) < 4.78 is 5.10. The van der Waals surface area contributed by atoms with Gasteiger partial charge in [-0.15, -0.1) is 0 Å². The van der Waals surface area contributed by atoms with Gasteiger partial charge in [0, 0.05) is 12.0 Å². The molecule has 160 valence electrons. The smallest absolute Gasteiger partial charge is 0.255 e. The maximum absolute atomic E-state index is 12.7. The molecule has 4 nitrogen and oxygen atoms in total. The van der Waals surface area contributed by atoms with Crippen LogP contribution < -0.4 is 5.32 Å². The van der Waals surface area contributed by atoms with Gasteiger partial charge >= 0.3 is 0 Å². The van der Waals surface area contributed by atoms with Crippen LogP contribution in [0.25, 0.3) is 0 Å². The predicted molar refractivity (Wildman–Crippen MR) is 119 cm³/mol. The molecule has 1 amide bonds. The number of benzene rings is 1. The molecule has 0 bridgehead atoms. The molecule has 1 unspecified atom stereocenters. The number of hydrogen-bond donors (Lipinski definition) is 1. The summed E-state index contributed by atoms with van der Waals surface area (Å²) in [4.78, 5) is 15.4. The first-order chi connectivity index (χ1) is 15.2. The average Bonchev–Trinajstić information content (AvgIpc) is 3.08. The van der Waals surface area contributed by atoms with Crippen molar-refractivity contribution in [3.63, 3.8) is 0 Å². The molecule has 1 aromatic carbocycles. The van der Waals surface area contributed by atoms with Crippen molar-refractivity contribution in [2.75, 3.05) is 19.6 Å². The summed E-state index contributed by atoms with van der Waals surface area (Å²) in [5, 5.41) is 3.28. The fourth-order valence-electron chi connectivity index (χ4n) is 7.70. The second kappa shape index (κ2) is 6.35. The van der Waals surface area contributed by atoms with E-state index in [4.69, 9.17) is 4.42 Å². The minimum atomic E-state index is -0.0371. The normalized spacial score (nSPS) is 36.5. The summed E-state index contributed by atoms with van der Waals surface area (Å²) in [5.41, 5.74) is 4.31. The van der Waals surface area contributed by atoms with Crippen LogP contribution in [0.15, 0.2) is 59.4 Å². The van der Waals surface area contributed by atoms with Gasteiger partial charge in [-0.1, -0.05) is 36.4 Å². The first-order valence-corrected chi connectivity index (χ1v) is 12.0. The SMILES string of the molecule is O=C(N[C@H]1CC2(CCN(C[C@@H]3CC45C[C@@H]4C=C[C@H]35)CC2)c2ccccc21)c1ccoc1. The van der Waals surface area contributed by atoms with Crippen LogP contribution in [0.1, 0.15) is 59.6 Å². The standard InChI is InChI=1S/C27H30N2O2/c30-25(18-7-12-31-17-18)28-24-15-26(23-4-2-1-3-21(23)24)8-10-29(11-9-26)16-19-13-27-14-20(27)5-6-22(19)27/h1-7,12,17,19-20,22,24H,8-11,13-16H2,(H,28,30)/t19-,20-,22+,24-,27?/m0/s1. The third-order valence-electron chi connectivity index (χ3n) is 9.44. The van der Waals surface area contributed by atoms with Crippen LogP contribution in [0.2, 0.25) is 0 Å². The van der Waals surface area contributed by atoms with Crippen molar-refractivity contribution in [2.45, 2.75) is 43.6 Å². The van der Waals surface area contributed by atoms with Gasteiger partial charge in [-0.3, -0.25) is 4.79 Å². The largest absolute Gasteiger partial charge is 0.472 e. The third-order valence-corrected chi connectivity index (χ3v) is 9.44. The zero-order valence-corrected chi connectivity index (χ0v) is 17.9. The van der Waals surface area contributed by atoms with Crippen LogP contribution in [-0.4, -0.2) is 30.4 Å². The van der Waals surface area contributed by atoms with Crippen molar-refractivity contribution in [1.82, 2.24) is 10.2 Å². The lowest BCUT2D eigenvalue weighted by Gasteiger charge is -2.48. The lowest BCUT2D eigenvalue weighted by atomic mass is 9.62. The lowest BCUT2D eigenvalue weighted by Crippen LogP contribution is -2.48. The van der Waals surface area contributed by atoms with Gasteiger partial charge in [0.15, 0.2) is 0 Å². The van der Waals surface area contributed by atoms with Crippen LogP contribution in [0.4, 0.5) is 0 Å². The number of amides is 1. The molecule has 2 spiro atoms. The van der Waals surface area contributed by atoms with Crippen molar-refractivity contribution in [3.8, 4) is 0 Å². The van der Waals surface area contributed by atoms with Crippen molar-refractivity contribution >= 4 is 5.91 Å². The number of nitrogens with one attached hydrogen (secondary N) is 1. The monoisotopic (exact) mass is 414 g/mol. The number of likely N-dealkylation sites (tertiary alicyclic amines) is 1. The van der Waals surface area contributed by atoms with E-state index in [1.807, 2.05) is 0 Å². The predicted octanol–water partition coefficient (Wildman–Crippen LogP) is 4.70. The molecular weight excluding hydrogens is 384 g/mol. The van der Waals surface area contributed by atoms with Gasteiger partial charge in [0.25, 0.3) is 5.91 Å². The maximum atomic E-state index is 12.7. The van der Waals surface area contributed by atoms with Crippen molar-refractivity contribution in [3.05, 3.63) is 71.7 Å². The minimum Gasteiger partial charge on any atom is -0.472 e. The Labute approximate surface area is 183 Å². The molecule has 31 heavy (non-hydrogen) atoms. The van der Waals surface area contributed by atoms with Gasteiger partial charge in [0.1, 0.15) is 6.26 Å². The van der Waals surface area contributed by atoms with Crippen LogP contribution in [0.5, 0.6) is 0 Å². The number of carbonyl (C=O) groups excluding carboxylic acids is 1. The summed E-state index contributed by atoms with van der Waals surface area (Å²) in [7, 11) is 0. The lowest BCUT2D eigenvalue weighted by molar-refractivity contribution is 0.0353. The van der Waals surface area contributed by atoms with Crippen molar-refractivity contribution < 1.29 is 9.21 Å². The van der Waals surface area contributed by atoms with E-state index in [0.717, 1.165) is 29.6 Å². The quantitative estimate of drug-likeness (QED) is 0.738. The molecule has 2 saturated carbocycles. The first-order valence-electron chi connectivity index (χ1n) is 12.0. The maximum Gasteiger partial charge on any atom is 0.255 e. The fraction of sp³-hybridized carbons (Fsp3) is 0.519. The Bertz CT molecular complexity index is 1050. The van der Waals surface area contributed by atoms with E-state index in [-0.39, 0.29) is 17.4 Å². The van der Waals surface area contributed by atoms with Crippen LogP contribution in [-0.2, 0) is 5.41 Å². The summed E-state index contributed by atoms with van der Waals surface area (Å²) in [6.45, 7) is 3.64. The minimum absolute atomic E-state index is 0.0371. The highest BCUT2D eigenvalue weighted by Crippen LogP contribution is 2.75. The molecule has 3 fully saturated rings. The van der Waals surface area contributed by atoms with Crippen molar-refractivity contribution in [2.24, 2.45) is 23.2 Å². The van der Waals surface area contributed by atoms with Crippen LogP contribution in [0, 0.1) is 23.2 Å².